The quantitative estimate of drug-likeness (QED) is 0.855. The lowest BCUT2D eigenvalue weighted by molar-refractivity contribution is 0.321. The Kier molecular flexibility index (Phi) is 3.03. The highest BCUT2D eigenvalue weighted by Crippen LogP contribution is 2.37. The van der Waals surface area contributed by atoms with E-state index in [1.54, 1.807) is 0 Å². The van der Waals surface area contributed by atoms with Crippen LogP contribution in [0.15, 0.2) is 30.3 Å². The van der Waals surface area contributed by atoms with Crippen LogP contribution in [-0.4, -0.2) is 32.8 Å². The van der Waals surface area contributed by atoms with Crippen molar-refractivity contribution < 1.29 is 0 Å². The van der Waals surface area contributed by atoms with Crippen LogP contribution in [0, 0.1) is 0 Å². The zero-order chi connectivity index (χ0) is 13.4. The summed E-state index contributed by atoms with van der Waals surface area (Å²) in [6, 6.07) is 11.0. The highest BCUT2D eigenvalue weighted by atomic mass is 15.4. The van der Waals surface area contributed by atoms with Crippen molar-refractivity contribution in [3.8, 4) is 11.4 Å². The molecule has 1 aromatic carbocycles. The van der Waals surface area contributed by atoms with Crippen LogP contribution in [0.2, 0.25) is 0 Å². The van der Waals surface area contributed by atoms with E-state index in [0.717, 1.165) is 18.2 Å². The Morgan fingerprint density at radius 1 is 1.05 bits per heavy atom. The third-order valence-corrected chi connectivity index (χ3v) is 4.16. The lowest BCUT2D eigenvalue weighted by Gasteiger charge is -2.10. The van der Waals surface area contributed by atoms with Gasteiger partial charge in [0.05, 0.1) is 12.6 Å². The summed E-state index contributed by atoms with van der Waals surface area (Å²) in [6.07, 6.45) is 5.11. The molecule has 0 unspecified atom stereocenters. The van der Waals surface area contributed by atoms with Crippen LogP contribution in [-0.2, 0) is 6.54 Å². The first-order valence-corrected chi connectivity index (χ1v) is 7.63. The van der Waals surface area contributed by atoms with Gasteiger partial charge in [0.25, 0.3) is 0 Å². The molecule has 1 saturated heterocycles. The number of benzene rings is 1. The third-order valence-electron chi connectivity index (χ3n) is 4.16. The first kappa shape index (κ1) is 12.1. The summed E-state index contributed by atoms with van der Waals surface area (Å²) in [5.74, 6) is 2.03. The van der Waals surface area contributed by atoms with E-state index in [4.69, 9.17) is 10.1 Å². The van der Waals surface area contributed by atoms with Gasteiger partial charge in [-0.3, -0.25) is 4.90 Å². The molecule has 1 aromatic heterocycles. The van der Waals surface area contributed by atoms with Crippen LogP contribution < -0.4 is 0 Å². The number of likely N-dealkylation sites (tertiary alicyclic amines) is 1. The van der Waals surface area contributed by atoms with Crippen molar-refractivity contribution in [3.63, 3.8) is 0 Å². The normalized spacial score (nSPS) is 19.6. The summed E-state index contributed by atoms with van der Waals surface area (Å²) < 4.78 is 2.15. The average molecular weight is 268 g/mol. The Hall–Kier alpha value is -1.68. The monoisotopic (exact) mass is 268 g/mol. The van der Waals surface area contributed by atoms with Crippen LogP contribution in [0.3, 0.4) is 0 Å². The van der Waals surface area contributed by atoms with Gasteiger partial charge in [-0.15, -0.1) is 0 Å². The van der Waals surface area contributed by atoms with E-state index in [-0.39, 0.29) is 0 Å². The smallest absolute Gasteiger partial charge is 0.165 e. The van der Waals surface area contributed by atoms with Crippen molar-refractivity contribution in [3.05, 3.63) is 36.2 Å². The molecule has 0 radical (unpaired) electrons. The van der Waals surface area contributed by atoms with Crippen molar-refractivity contribution in [2.24, 2.45) is 0 Å². The number of hydrogen-bond donors (Lipinski definition) is 0. The molecule has 1 aliphatic heterocycles. The average Bonchev–Trinajstić information content (AvgIpc) is 3.05. The van der Waals surface area contributed by atoms with Gasteiger partial charge in [-0.25, -0.2) is 9.67 Å². The maximum Gasteiger partial charge on any atom is 0.165 e. The van der Waals surface area contributed by atoms with Crippen LogP contribution in [0.4, 0.5) is 0 Å². The standard InChI is InChI=1S/C16H20N4/c1-2-6-13(7-3-1)16-17-15(12-19-10-4-5-11-19)18-20(16)14-8-9-14/h1-3,6-7,14H,4-5,8-12H2. The molecule has 1 aliphatic carbocycles. The Bertz CT molecular complexity index is 580. The second-order valence-corrected chi connectivity index (χ2v) is 5.88. The minimum absolute atomic E-state index is 0.574. The molecule has 0 amide bonds. The van der Waals surface area contributed by atoms with E-state index in [0.29, 0.717) is 6.04 Å². The molecule has 0 N–H and O–H groups in total. The van der Waals surface area contributed by atoms with Crippen molar-refractivity contribution in [2.75, 3.05) is 13.1 Å². The summed E-state index contributed by atoms with van der Waals surface area (Å²) in [7, 11) is 0. The topological polar surface area (TPSA) is 34.0 Å². The summed E-state index contributed by atoms with van der Waals surface area (Å²) in [5, 5.41) is 4.78. The molecule has 2 aromatic rings. The molecule has 0 bridgehead atoms. The molecule has 2 aliphatic rings. The highest BCUT2D eigenvalue weighted by molar-refractivity contribution is 5.55. The fraction of sp³-hybridized carbons (Fsp3) is 0.500. The van der Waals surface area contributed by atoms with E-state index in [9.17, 15) is 0 Å². The maximum absolute atomic E-state index is 4.82. The minimum Gasteiger partial charge on any atom is -0.296 e. The Labute approximate surface area is 119 Å². The van der Waals surface area contributed by atoms with E-state index < -0.39 is 0 Å². The van der Waals surface area contributed by atoms with Gasteiger partial charge >= 0.3 is 0 Å². The first-order chi connectivity index (χ1) is 9.90. The second-order valence-electron chi connectivity index (χ2n) is 5.88. The molecule has 2 fully saturated rings. The van der Waals surface area contributed by atoms with Gasteiger partial charge in [0, 0.05) is 5.56 Å². The molecule has 2 heterocycles. The maximum atomic E-state index is 4.82. The largest absolute Gasteiger partial charge is 0.296 e. The molecule has 0 atom stereocenters. The number of hydrogen-bond acceptors (Lipinski definition) is 3. The van der Waals surface area contributed by atoms with Gasteiger partial charge in [-0.1, -0.05) is 30.3 Å². The van der Waals surface area contributed by atoms with Gasteiger partial charge in [0.1, 0.15) is 0 Å². The summed E-state index contributed by atoms with van der Waals surface area (Å²) in [4.78, 5) is 7.28. The van der Waals surface area contributed by atoms with Crippen molar-refractivity contribution >= 4 is 0 Å². The van der Waals surface area contributed by atoms with Crippen LogP contribution in [0.1, 0.15) is 37.5 Å². The molecular formula is C16H20N4. The lowest BCUT2D eigenvalue weighted by Crippen LogP contribution is -2.19. The predicted octanol–water partition coefficient (Wildman–Crippen LogP) is 2.88. The van der Waals surface area contributed by atoms with E-state index in [1.807, 2.05) is 6.07 Å². The SMILES string of the molecule is c1ccc(-c2nc(CN3CCCC3)nn2C2CC2)cc1. The lowest BCUT2D eigenvalue weighted by atomic mass is 10.2. The number of rotatable bonds is 4. The molecule has 4 nitrogen and oxygen atoms in total. The van der Waals surface area contributed by atoms with Crippen LogP contribution >= 0.6 is 0 Å². The fourth-order valence-electron chi connectivity index (χ4n) is 2.93. The van der Waals surface area contributed by atoms with Gasteiger partial charge in [0.2, 0.25) is 0 Å². The zero-order valence-corrected chi connectivity index (χ0v) is 11.7. The van der Waals surface area contributed by atoms with Gasteiger partial charge in [-0.05, 0) is 38.8 Å². The van der Waals surface area contributed by atoms with Crippen molar-refractivity contribution in [1.82, 2.24) is 19.7 Å². The zero-order valence-electron chi connectivity index (χ0n) is 11.7. The van der Waals surface area contributed by atoms with Gasteiger partial charge in [0.15, 0.2) is 11.6 Å². The first-order valence-electron chi connectivity index (χ1n) is 7.63. The molecule has 1 saturated carbocycles. The molecular weight excluding hydrogens is 248 g/mol. The summed E-state index contributed by atoms with van der Waals surface area (Å²) in [5.41, 5.74) is 1.18. The molecule has 4 heteroatoms. The van der Waals surface area contributed by atoms with Crippen molar-refractivity contribution in [1.29, 1.82) is 0 Å². The molecule has 20 heavy (non-hydrogen) atoms. The van der Waals surface area contributed by atoms with E-state index in [1.165, 1.54) is 44.3 Å². The predicted molar refractivity (Wildman–Crippen MR) is 78.2 cm³/mol. The highest BCUT2D eigenvalue weighted by Gasteiger charge is 2.29. The van der Waals surface area contributed by atoms with Gasteiger partial charge in [-0.2, -0.15) is 5.10 Å². The Morgan fingerprint density at radius 3 is 2.50 bits per heavy atom. The van der Waals surface area contributed by atoms with E-state index >= 15 is 0 Å². The Morgan fingerprint density at radius 2 is 1.80 bits per heavy atom. The van der Waals surface area contributed by atoms with Crippen LogP contribution in [0.5, 0.6) is 0 Å². The van der Waals surface area contributed by atoms with Gasteiger partial charge < -0.3 is 0 Å². The van der Waals surface area contributed by atoms with E-state index in [2.05, 4.69) is 33.8 Å². The number of aromatic nitrogens is 3. The summed E-state index contributed by atoms with van der Waals surface area (Å²) >= 11 is 0. The third kappa shape index (κ3) is 2.36. The van der Waals surface area contributed by atoms with Crippen LogP contribution in [0.25, 0.3) is 11.4 Å². The summed E-state index contributed by atoms with van der Waals surface area (Å²) in [6.45, 7) is 3.29. The fourth-order valence-corrected chi connectivity index (χ4v) is 2.93. The molecule has 4 rings (SSSR count). The minimum atomic E-state index is 0.574. The Balaban J connectivity index is 1.64. The van der Waals surface area contributed by atoms with Crippen molar-refractivity contribution in [2.45, 2.75) is 38.3 Å². The second kappa shape index (κ2) is 5.02. The molecule has 0 spiro atoms. The number of nitrogens with zero attached hydrogens (tertiary/aromatic N) is 4. The molecule has 104 valence electrons.